The average Bonchev–Trinajstić information content (AvgIpc) is 2.92. The van der Waals surface area contributed by atoms with Crippen molar-refractivity contribution < 1.29 is 9.53 Å². The minimum absolute atomic E-state index is 0.378. The summed E-state index contributed by atoms with van der Waals surface area (Å²) < 4.78 is 6.56. The van der Waals surface area contributed by atoms with Crippen molar-refractivity contribution in [3.8, 4) is 0 Å². The fourth-order valence-corrected chi connectivity index (χ4v) is 1.88. The predicted octanol–water partition coefficient (Wildman–Crippen LogP) is 0.564. The molecule has 106 valence electrons. The SMILES string of the molecule is COC(=O)C(N)Cc1cn(CCc2ccccn2)cn1. The number of methoxy groups -OCH3 is 1. The van der Waals surface area contributed by atoms with Crippen molar-refractivity contribution in [2.45, 2.75) is 25.4 Å². The van der Waals surface area contributed by atoms with Crippen LogP contribution in [0.3, 0.4) is 0 Å². The van der Waals surface area contributed by atoms with Crippen molar-refractivity contribution in [3.05, 3.63) is 48.3 Å². The van der Waals surface area contributed by atoms with Crippen molar-refractivity contribution in [3.63, 3.8) is 0 Å². The van der Waals surface area contributed by atoms with E-state index in [0.29, 0.717) is 6.42 Å². The number of carbonyl (C=O) groups is 1. The molecule has 0 bridgehead atoms. The maximum atomic E-state index is 11.2. The van der Waals surface area contributed by atoms with E-state index in [4.69, 9.17) is 5.73 Å². The molecule has 0 aliphatic rings. The average molecular weight is 274 g/mol. The number of ether oxygens (including phenoxy) is 1. The second-order valence-electron chi connectivity index (χ2n) is 4.51. The normalized spacial score (nSPS) is 12.1. The molecule has 6 nitrogen and oxygen atoms in total. The van der Waals surface area contributed by atoms with Gasteiger partial charge in [-0.05, 0) is 12.1 Å². The lowest BCUT2D eigenvalue weighted by molar-refractivity contribution is -0.142. The zero-order chi connectivity index (χ0) is 14.4. The monoisotopic (exact) mass is 274 g/mol. The molecule has 0 aliphatic carbocycles. The van der Waals surface area contributed by atoms with Gasteiger partial charge >= 0.3 is 5.97 Å². The first-order chi connectivity index (χ1) is 9.69. The molecule has 2 aromatic heterocycles. The van der Waals surface area contributed by atoms with E-state index in [1.165, 1.54) is 7.11 Å². The summed E-state index contributed by atoms with van der Waals surface area (Å²) in [6.07, 6.45) is 6.63. The smallest absolute Gasteiger partial charge is 0.323 e. The number of nitrogens with zero attached hydrogens (tertiary/aromatic N) is 3. The Labute approximate surface area is 117 Å². The van der Waals surface area contributed by atoms with Crippen molar-refractivity contribution in [1.29, 1.82) is 0 Å². The Morgan fingerprint density at radius 2 is 2.25 bits per heavy atom. The van der Waals surface area contributed by atoms with Gasteiger partial charge in [-0.25, -0.2) is 4.98 Å². The van der Waals surface area contributed by atoms with Crippen molar-refractivity contribution >= 4 is 5.97 Å². The maximum Gasteiger partial charge on any atom is 0.323 e. The van der Waals surface area contributed by atoms with Gasteiger partial charge in [-0.1, -0.05) is 6.07 Å². The number of hydrogen-bond donors (Lipinski definition) is 1. The topological polar surface area (TPSA) is 83.0 Å². The van der Waals surface area contributed by atoms with Gasteiger partial charge in [0.1, 0.15) is 6.04 Å². The van der Waals surface area contributed by atoms with Crippen molar-refractivity contribution in [2.75, 3.05) is 7.11 Å². The number of hydrogen-bond acceptors (Lipinski definition) is 5. The zero-order valence-corrected chi connectivity index (χ0v) is 11.4. The molecule has 1 atom stereocenters. The minimum atomic E-state index is -0.667. The van der Waals surface area contributed by atoms with Crippen LogP contribution in [0, 0.1) is 0 Å². The summed E-state index contributed by atoms with van der Waals surface area (Å²) in [5.74, 6) is -0.423. The summed E-state index contributed by atoms with van der Waals surface area (Å²) in [5.41, 5.74) is 7.52. The summed E-state index contributed by atoms with van der Waals surface area (Å²) in [6, 6.07) is 5.19. The van der Waals surface area contributed by atoms with Crippen LogP contribution < -0.4 is 5.73 Å². The van der Waals surface area contributed by atoms with Gasteiger partial charge < -0.3 is 15.0 Å². The molecule has 6 heteroatoms. The van der Waals surface area contributed by atoms with E-state index in [9.17, 15) is 4.79 Å². The number of pyridine rings is 1. The molecule has 0 saturated carbocycles. The van der Waals surface area contributed by atoms with E-state index in [-0.39, 0.29) is 0 Å². The molecule has 0 fully saturated rings. The molecule has 2 N–H and O–H groups in total. The van der Waals surface area contributed by atoms with Gasteiger partial charge in [0.2, 0.25) is 0 Å². The Kier molecular flexibility index (Phi) is 4.84. The van der Waals surface area contributed by atoms with Crippen LogP contribution in [-0.2, 0) is 28.9 Å². The highest BCUT2D eigenvalue weighted by atomic mass is 16.5. The fraction of sp³-hybridized carbons (Fsp3) is 0.357. The van der Waals surface area contributed by atoms with E-state index in [1.807, 2.05) is 29.0 Å². The lowest BCUT2D eigenvalue weighted by Crippen LogP contribution is -2.33. The summed E-state index contributed by atoms with van der Waals surface area (Å²) >= 11 is 0. The van der Waals surface area contributed by atoms with Crippen LogP contribution in [-0.4, -0.2) is 33.7 Å². The Bertz CT molecular complexity index is 553. The van der Waals surface area contributed by atoms with Crippen molar-refractivity contribution in [2.24, 2.45) is 5.73 Å². The Balaban J connectivity index is 1.87. The Morgan fingerprint density at radius 1 is 1.40 bits per heavy atom. The molecule has 0 aromatic carbocycles. The zero-order valence-electron chi connectivity index (χ0n) is 11.4. The summed E-state index contributed by atoms with van der Waals surface area (Å²) in [4.78, 5) is 19.8. The van der Waals surface area contributed by atoms with Crippen molar-refractivity contribution in [1.82, 2.24) is 14.5 Å². The Hall–Kier alpha value is -2.21. The third-order valence-electron chi connectivity index (χ3n) is 2.97. The molecule has 2 heterocycles. The molecule has 0 radical (unpaired) electrons. The van der Waals surface area contributed by atoms with Crippen LogP contribution in [0.5, 0.6) is 0 Å². The molecule has 2 rings (SSSR count). The summed E-state index contributed by atoms with van der Waals surface area (Å²) in [6.45, 7) is 0.789. The van der Waals surface area contributed by atoms with Gasteiger partial charge in [-0.15, -0.1) is 0 Å². The van der Waals surface area contributed by atoms with Crippen LogP contribution in [0.2, 0.25) is 0 Å². The fourth-order valence-electron chi connectivity index (χ4n) is 1.88. The number of aryl methyl sites for hydroxylation is 2. The molecule has 0 spiro atoms. The number of esters is 1. The molecule has 2 aromatic rings. The summed E-state index contributed by atoms with van der Waals surface area (Å²) in [7, 11) is 1.33. The van der Waals surface area contributed by atoms with E-state index >= 15 is 0 Å². The second kappa shape index (κ2) is 6.81. The van der Waals surface area contributed by atoms with Crippen LogP contribution in [0.25, 0.3) is 0 Å². The van der Waals surface area contributed by atoms with E-state index in [2.05, 4.69) is 14.7 Å². The quantitative estimate of drug-likeness (QED) is 0.778. The maximum absolute atomic E-state index is 11.2. The number of imidazole rings is 1. The highest BCUT2D eigenvalue weighted by Crippen LogP contribution is 2.03. The first-order valence-electron chi connectivity index (χ1n) is 6.43. The summed E-state index contributed by atoms with van der Waals surface area (Å²) in [5, 5.41) is 0. The van der Waals surface area contributed by atoms with Gasteiger partial charge in [0, 0.05) is 37.5 Å². The van der Waals surface area contributed by atoms with Crippen LogP contribution >= 0.6 is 0 Å². The lowest BCUT2D eigenvalue weighted by Gasteiger charge is -2.06. The van der Waals surface area contributed by atoms with Gasteiger partial charge in [0.15, 0.2) is 0 Å². The lowest BCUT2D eigenvalue weighted by atomic mass is 10.2. The number of nitrogens with two attached hydrogens (primary N) is 1. The molecule has 1 unspecified atom stereocenters. The van der Waals surface area contributed by atoms with Gasteiger partial charge in [0.25, 0.3) is 0 Å². The third kappa shape index (κ3) is 3.89. The van der Waals surface area contributed by atoms with E-state index in [1.54, 1.807) is 12.5 Å². The van der Waals surface area contributed by atoms with Crippen LogP contribution in [0.4, 0.5) is 0 Å². The molecule has 0 amide bonds. The van der Waals surface area contributed by atoms with Crippen LogP contribution in [0.15, 0.2) is 36.9 Å². The van der Waals surface area contributed by atoms with Crippen LogP contribution in [0.1, 0.15) is 11.4 Å². The molecule has 0 saturated heterocycles. The first-order valence-corrected chi connectivity index (χ1v) is 6.43. The van der Waals surface area contributed by atoms with E-state index in [0.717, 1.165) is 24.4 Å². The van der Waals surface area contributed by atoms with Gasteiger partial charge in [-0.2, -0.15) is 0 Å². The molecular weight excluding hydrogens is 256 g/mol. The third-order valence-corrected chi connectivity index (χ3v) is 2.97. The Morgan fingerprint density at radius 3 is 2.95 bits per heavy atom. The van der Waals surface area contributed by atoms with Gasteiger partial charge in [0.05, 0.1) is 19.1 Å². The highest BCUT2D eigenvalue weighted by molar-refractivity contribution is 5.75. The first kappa shape index (κ1) is 14.2. The minimum Gasteiger partial charge on any atom is -0.468 e. The highest BCUT2D eigenvalue weighted by Gasteiger charge is 2.15. The number of rotatable bonds is 6. The molecule has 0 aliphatic heterocycles. The second-order valence-corrected chi connectivity index (χ2v) is 4.51. The number of carbonyl (C=O) groups excluding carboxylic acids is 1. The predicted molar refractivity (Wildman–Crippen MR) is 73.9 cm³/mol. The van der Waals surface area contributed by atoms with E-state index < -0.39 is 12.0 Å². The standard InChI is InChI=1S/C14H18N4O2/c1-20-14(19)13(15)8-12-9-18(10-17-12)7-5-11-4-2-3-6-16-11/h2-4,6,9-10,13H,5,7-8,15H2,1H3. The number of aromatic nitrogens is 3. The molecule has 20 heavy (non-hydrogen) atoms. The largest absolute Gasteiger partial charge is 0.468 e. The molecular formula is C14H18N4O2. The van der Waals surface area contributed by atoms with Gasteiger partial charge in [-0.3, -0.25) is 9.78 Å².